The molecule has 0 unspecified atom stereocenters. The van der Waals surface area contributed by atoms with E-state index < -0.39 is 0 Å². The minimum Gasteiger partial charge on any atom is -0.408 e. The standard InChI is InChI=1S/C14H20N4O2.C5H5N.C2H6/c19-11(18-7-5-14(3-4-14)6-8-18)9-15-13-17-16-12(20-13)10-1-2-10;1-2-4-6-5-3-1;1-2/h10H,1-9H2,(H,15,17);1-5H;1-2H3. The quantitative estimate of drug-likeness (QED) is 0.860. The first-order valence-corrected chi connectivity index (χ1v) is 10.4. The van der Waals surface area contributed by atoms with Gasteiger partial charge >= 0.3 is 6.01 Å². The van der Waals surface area contributed by atoms with Crippen molar-refractivity contribution in [1.29, 1.82) is 0 Å². The molecule has 3 aliphatic rings. The molecule has 2 saturated carbocycles. The number of hydrogen-bond acceptors (Lipinski definition) is 6. The number of pyridine rings is 1. The van der Waals surface area contributed by atoms with Crippen molar-refractivity contribution in [3.05, 3.63) is 36.5 Å². The van der Waals surface area contributed by atoms with Gasteiger partial charge < -0.3 is 14.6 Å². The Morgan fingerprint density at radius 1 is 1.11 bits per heavy atom. The third-order valence-electron chi connectivity index (χ3n) is 5.46. The molecule has 2 aliphatic carbocycles. The molecule has 5 rings (SSSR count). The van der Waals surface area contributed by atoms with E-state index in [1.165, 1.54) is 25.7 Å². The van der Waals surface area contributed by atoms with Gasteiger partial charge in [0, 0.05) is 31.4 Å². The van der Waals surface area contributed by atoms with Crippen LogP contribution in [0.5, 0.6) is 0 Å². The van der Waals surface area contributed by atoms with E-state index in [1.54, 1.807) is 12.4 Å². The maximum absolute atomic E-state index is 12.1. The fraction of sp³-hybridized carbons (Fsp3) is 0.619. The lowest BCUT2D eigenvalue weighted by atomic mass is 9.94. The zero-order chi connectivity index (χ0) is 19.8. The van der Waals surface area contributed by atoms with Gasteiger partial charge in [-0.2, -0.15) is 0 Å². The van der Waals surface area contributed by atoms with Crippen LogP contribution in [0.25, 0.3) is 0 Å². The Morgan fingerprint density at radius 2 is 1.79 bits per heavy atom. The number of hydrogen-bond donors (Lipinski definition) is 1. The van der Waals surface area contributed by atoms with E-state index >= 15 is 0 Å². The Bertz CT molecular complexity index is 689. The first-order chi connectivity index (χ1) is 13.7. The topological polar surface area (TPSA) is 84.2 Å². The van der Waals surface area contributed by atoms with Crippen molar-refractivity contribution in [3.8, 4) is 0 Å². The van der Waals surface area contributed by atoms with Crippen LogP contribution in [0.2, 0.25) is 0 Å². The highest BCUT2D eigenvalue weighted by Gasteiger charge is 2.45. The number of nitrogens with one attached hydrogen (secondary N) is 1. The molecule has 1 amide bonds. The van der Waals surface area contributed by atoms with Gasteiger partial charge in [-0.15, -0.1) is 5.10 Å². The van der Waals surface area contributed by atoms with E-state index in [9.17, 15) is 4.79 Å². The second-order valence-corrected chi connectivity index (χ2v) is 7.48. The molecule has 0 bridgehead atoms. The van der Waals surface area contributed by atoms with Crippen molar-refractivity contribution < 1.29 is 9.21 Å². The van der Waals surface area contributed by atoms with Crippen LogP contribution in [-0.4, -0.2) is 45.6 Å². The molecule has 0 atom stereocenters. The highest BCUT2D eigenvalue weighted by molar-refractivity contribution is 5.80. The molecular formula is C21H31N5O2. The lowest BCUT2D eigenvalue weighted by Crippen LogP contribution is -2.41. The first-order valence-electron chi connectivity index (χ1n) is 10.4. The summed E-state index contributed by atoms with van der Waals surface area (Å²) in [7, 11) is 0. The summed E-state index contributed by atoms with van der Waals surface area (Å²) < 4.78 is 5.48. The molecule has 1 spiro atoms. The number of piperidine rings is 1. The number of amides is 1. The summed E-state index contributed by atoms with van der Waals surface area (Å²) in [6.07, 6.45) is 10.8. The van der Waals surface area contributed by atoms with Crippen molar-refractivity contribution in [1.82, 2.24) is 20.1 Å². The van der Waals surface area contributed by atoms with Gasteiger partial charge in [-0.25, -0.2) is 0 Å². The maximum Gasteiger partial charge on any atom is 0.315 e. The predicted molar refractivity (Wildman–Crippen MR) is 108 cm³/mol. The van der Waals surface area contributed by atoms with Gasteiger partial charge in [0.1, 0.15) is 0 Å². The van der Waals surface area contributed by atoms with Gasteiger partial charge in [-0.1, -0.05) is 25.0 Å². The van der Waals surface area contributed by atoms with Gasteiger partial charge in [0.05, 0.1) is 6.54 Å². The van der Waals surface area contributed by atoms with Crippen LogP contribution in [0.4, 0.5) is 6.01 Å². The average molecular weight is 386 g/mol. The number of carbonyl (C=O) groups excluding carboxylic acids is 1. The molecule has 0 radical (unpaired) electrons. The highest BCUT2D eigenvalue weighted by Crippen LogP contribution is 2.53. The number of nitrogens with zero attached hydrogens (tertiary/aromatic N) is 4. The highest BCUT2D eigenvalue weighted by atomic mass is 16.4. The number of likely N-dealkylation sites (tertiary alicyclic amines) is 1. The van der Waals surface area contributed by atoms with Gasteiger partial charge in [0.25, 0.3) is 0 Å². The SMILES string of the molecule is CC.O=C(CNc1nnc(C2CC2)o1)N1CCC2(CC1)CC2.c1ccncc1. The predicted octanol–water partition coefficient (Wildman–Crippen LogP) is 3.87. The lowest BCUT2D eigenvalue weighted by Gasteiger charge is -2.32. The van der Waals surface area contributed by atoms with Gasteiger partial charge in [-0.05, 0) is 56.1 Å². The molecule has 2 aromatic rings. The molecule has 2 aromatic heterocycles. The van der Waals surface area contributed by atoms with Crippen molar-refractivity contribution in [2.45, 2.75) is 58.3 Å². The van der Waals surface area contributed by atoms with Crippen LogP contribution in [0.3, 0.4) is 0 Å². The van der Waals surface area contributed by atoms with Crippen LogP contribution in [-0.2, 0) is 4.79 Å². The van der Waals surface area contributed by atoms with E-state index in [1.807, 2.05) is 36.9 Å². The smallest absolute Gasteiger partial charge is 0.315 e. The zero-order valence-electron chi connectivity index (χ0n) is 16.9. The Morgan fingerprint density at radius 3 is 2.29 bits per heavy atom. The molecule has 3 fully saturated rings. The summed E-state index contributed by atoms with van der Waals surface area (Å²) in [5, 5.41) is 10.9. The molecule has 28 heavy (non-hydrogen) atoms. The fourth-order valence-corrected chi connectivity index (χ4v) is 3.28. The molecule has 7 nitrogen and oxygen atoms in total. The third-order valence-corrected chi connectivity index (χ3v) is 5.46. The number of anilines is 1. The Labute approximate surface area is 166 Å². The maximum atomic E-state index is 12.1. The van der Waals surface area contributed by atoms with Crippen LogP contribution >= 0.6 is 0 Å². The van der Waals surface area contributed by atoms with Gasteiger partial charge in [-0.3, -0.25) is 9.78 Å². The van der Waals surface area contributed by atoms with Gasteiger partial charge in [0.15, 0.2) is 0 Å². The minimum absolute atomic E-state index is 0.131. The van der Waals surface area contributed by atoms with E-state index in [0.717, 1.165) is 25.9 Å². The largest absolute Gasteiger partial charge is 0.408 e. The summed E-state index contributed by atoms with van der Waals surface area (Å²) in [6, 6.07) is 6.09. The molecule has 1 saturated heterocycles. The van der Waals surface area contributed by atoms with Crippen molar-refractivity contribution >= 4 is 11.9 Å². The van der Waals surface area contributed by atoms with E-state index in [4.69, 9.17) is 4.42 Å². The number of rotatable bonds is 4. The average Bonchev–Trinajstić information content (AvgIpc) is 3.70. The number of aromatic nitrogens is 3. The molecule has 0 aromatic carbocycles. The molecular weight excluding hydrogens is 354 g/mol. The summed E-state index contributed by atoms with van der Waals surface area (Å²) in [5.74, 6) is 1.28. The molecule has 1 N–H and O–H groups in total. The second kappa shape index (κ2) is 9.66. The van der Waals surface area contributed by atoms with Crippen molar-refractivity contribution in [2.24, 2.45) is 5.41 Å². The van der Waals surface area contributed by atoms with E-state index in [0.29, 0.717) is 23.2 Å². The summed E-state index contributed by atoms with van der Waals surface area (Å²) >= 11 is 0. The minimum atomic E-state index is 0.131. The normalized spacial score (nSPS) is 19.0. The summed E-state index contributed by atoms with van der Waals surface area (Å²) in [6.45, 7) is 6.05. The first kappa shape index (κ1) is 20.3. The summed E-state index contributed by atoms with van der Waals surface area (Å²) in [5.41, 5.74) is 0.607. The molecule has 7 heteroatoms. The van der Waals surface area contributed by atoms with E-state index in [-0.39, 0.29) is 12.5 Å². The van der Waals surface area contributed by atoms with Crippen LogP contribution in [0.1, 0.15) is 64.2 Å². The Hall–Kier alpha value is -2.44. The Balaban J connectivity index is 0.000000239. The zero-order valence-corrected chi connectivity index (χ0v) is 16.9. The van der Waals surface area contributed by atoms with Crippen LogP contribution in [0.15, 0.2) is 35.0 Å². The fourth-order valence-electron chi connectivity index (χ4n) is 3.28. The second-order valence-electron chi connectivity index (χ2n) is 7.48. The van der Waals surface area contributed by atoms with Crippen molar-refractivity contribution in [2.75, 3.05) is 25.0 Å². The van der Waals surface area contributed by atoms with Crippen LogP contribution in [0, 0.1) is 5.41 Å². The molecule has 1 aliphatic heterocycles. The monoisotopic (exact) mass is 385 g/mol. The van der Waals surface area contributed by atoms with Crippen molar-refractivity contribution in [3.63, 3.8) is 0 Å². The van der Waals surface area contributed by atoms with Crippen LogP contribution < -0.4 is 5.32 Å². The van der Waals surface area contributed by atoms with E-state index in [2.05, 4.69) is 20.5 Å². The van der Waals surface area contributed by atoms with Gasteiger partial charge in [0.2, 0.25) is 11.8 Å². The lowest BCUT2D eigenvalue weighted by molar-refractivity contribution is -0.130. The third kappa shape index (κ3) is 5.78. The molecule has 152 valence electrons. The summed E-state index contributed by atoms with van der Waals surface area (Å²) in [4.78, 5) is 17.9. The molecule has 3 heterocycles. The number of carbonyl (C=O) groups is 1. The Kier molecular flexibility index (Phi) is 7.01.